The number of nitrogens with zero attached hydrogens (tertiary/aromatic N) is 2. The molecule has 0 fully saturated rings. The van der Waals surface area contributed by atoms with Crippen molar-refractivity contribution in [3.8, 4) is 0 Å². The van der Waals surface area contributed by atoms with Crippen molar-refractivity contribution in [2.24, 2.45) is 0 Å². The predicted octanol–water partition coefficient (Wildman–Crippen LogP) is 2.05. The van der Waals surface area contributed by atoms with Crippen LogP contribution in [-0.4, -0.2) is 18.0 Å². The summed E-state index contributed by atoms with van der Waals surface area (Å²) >= 11 is 0. The Kier molecular flexibility index (Phi) is 3.30. The van der Waals surface area contributed by atoms with Crippen LogP contribution < -0.4 is 5.56 Å². The van der Waals surface area contributed by atoms with Crippen molar-refractivity contribution in [3.63, 3.8) is 0 Å². The van der Waals surface area contributed by atoms with Crippen LogP contribution >= 0.6 is 10.7 Å². The Hall–Kier alpha value is -1.40. The third kappa shape index (κ3) is 2.23. The second-order valence-electron chi connectivity index (χ2n) is 4.89. The smallest absolute Gasteiger partial charge is 0.263 e. The molecule has 3 rings (SSSR count). The number of fused-ring (bicyclic) bond motifs is 2. The topological polar surface area (TPSA) is 69.0 Å². The van der Waals surface area contributed by atoms with Crippen LogP contribution in [0, 0.1) is 0 Å². The van der Waals surface area contributed by atoms with Gasteiger partial charge in [-0.05, 0) is 25.0 Å². The molecule has 1 aliphatic rings. The van der Waals surface area contributed by atoms with E-state index in [2.05, 4.69) is 4.98 Å². The second kappa shape index (κ2) is 4.86. The van der Waals surface area contributed by atoms with Crippen LogP contribution in [0.2, 0.25) is 0 Å². The highest BCUT2D eigenvalue weighted by Gasteiger charge is 2.20. The van der Waals surface area contributed by atoms with E-state index in [0.717, 1.165) is 19.3 Å². The van der Waals surface area contributed by atoms with E-state index < -0.39 is 9.05 Å². The highest BCUT2D eigenvalue weighted by atomic mass is 35.7. The van der Waals surface area contributed by atoms with Gasteiger partial charge < -0.3 is 0 Å². The SMILES string of the molecule is O=c1c2cccc(S(=O)(=O)Cl)c2nc2n1CCCCC2. The minimum absolute atomic E-state index is 0.0959. The van der Waals surface area contributed by atoms with E-state index in [1.54, 1.807) is 10.6 Å². The molecular weight excluding hydrogens is 300 g/mol. The standard InChI is InChI=1S/C13H13ClN2O3S/c14-20(18,19)10-6-4-5-9-12(10)15-11-7-2-1-3-8-16(11)13(9)17/h4-6H,1-3,7-8H2. The summed E-state index contributed by atoms with van der Waals surface area (Å²) in [6.45, 7) is 0.634. The number of benzene rings is 1. The average Bonchev–Trinajstić information content (AvgIpc) is 2.63. The summed E-state index contributed by atoms with van der Waals surface area (Å²) in [5, 5.41) is 0.303. The Bertz CT molecular complexity index is 843. The predicted molar refractivity (Wildman–Crippen MR) is 76.6 cm³/mol. The van der Waals surface area contributed by atoms with Crippen molar-refractivity contribution in [2.45, 2.75) is 37.1 Å². The molecule has 1 aromatic heterocycles. The molecule has 0 N–H and O–H groups in total. The molecule has 0 bridgehead atoms. The zero-order valence-corrected chi connectivity index (χ0v) is 12.2. The lowest BCUT2D eigenvalue weighted by atomic mass is 10.2. The Balaban J connectivity index is 2.42. The van der Waals surface area contributed by atoms with Crippen LogP contribution in [0.3, 0.4) is 0 Å². The summed E-state index contributed by atoms with van der Waals surface area (Å²) in [5.74, 6) is 0.646. The Morgan fingerprint density at radius 2 is 2.00 bits per heavy atom. The summed E-state index contributed by atoms with van der Waals surface area (Å²) < 4.78 is 24.9. The maximum Gasteiger partial charge on any atom is 0.263 e. The van der Waals surface area contributed by atoms with E-state index in [9.17, 15) is 13.2 Å². The van der Waals surface area contributed by atoms with E-state index in [-0.39, 0.29) is 16.0 Å². The summed E-state index contributed by atoms with van der Waals surface area (Å²) in [6, 6.07) is 4.49. The van der Waals surface area contributed by atoms with Gasteiger partial charge in [0.05, 0.1) is 10.9 Å². The minimum atomic E-state index is -3.92. The van der Waals surface area contributed by atoms with Gasteiger partial charge in [-0.1, -0.05) is 12.5 Å². The number of aromatic nitrogens is 2. The molecule has 0 saturated carbocycles. The van der Waals surface area contributed by atoms with Crippen molar-refractivity contribution in [2.75, 3.05) is 0 Å². The van der Waals surface area contributed by atoms with Crippen LogP contribution in [0.15, 0.2) is 27.9 Å². The molecule has 1 aliphatic heterocycles. The van der Waals surface area contributed by atoms with Gasteiger partial charge in [0, 0.05) is 23.6 Å². The largest absolute Gasteiger partial charge is 0.296 e. The van der Waals surface area contributed by atoms with Crippen molar-refractivity contribution in [3.05, 3.63) is 34.4 Å². The highest BCUT2D eigenvalue weighted by Crippen LogP contribution is 2.23. The van der Waals surface area contributed by atoms with Crippen molar-refractivity contribution in [1.82, 2.24) is 9.55 Å². The molecule has 0 saturated heterocycles. The third-order valence-corrected chi connectivity index (χ3v) is 4.93. The Morgan fingerprint density at radius 1 is 1.20 bits per heavy atom. The van der Waals surface area contributed by atoms with Gasteiger partial charge in [0.2, 0.25) is 0 Å². The lowest BCUT2D eigenvalue weighted by molar-refractivity contribution is 0.608. The summed E-state index contributed by atoms with van der Waals surface area (Å²) in [7, 11) is 1.51. The lowest BCUT2D eigenvalue weighted by Crippen LogP contribution is -2.25. The van der Waals surface area contributed by atoms with Gasteiger partial charge in [-0.25, -0.2) is 13.4 Å². The first-order valence-electron chi connectivity index (χ1n) is 6.45. The first-order chi connectivity index (χ1) is 9.48. The van der Waals surface area contributed by atoms with Gasteiger partial charge >= 0.3 is 0 Å². The van der Waals surface area contributed by atoms with Gasteiger partial charge in [-0.2, -0.15) is 0 Å². The van der Waals surface area contributed by atoms with E-state index >= 15 is 0 Å². The van der Waals surface area contributed by atoms with E-state index in [1.165, 1.54) is 12.1 Å². The minimum Gasteiger partial charge on any atom is -0.296 e. The molecular formula is C13H13ClN2O3S. The van der Waals surface area contributed by atoms with E-state index in [1.807, 2.05) is 0 Å². The molecule has 0 atom stereocenters. The first-order valence-corrected chi connectivity index (χ1v) is 8.76. The fourth-order valence-corrected chi connectivity index (χ4v) is 3.61. The second-order valence-corrected chi connectivity index (χ2v) is 7.42. The Morgan fingerprint density at radius 3 is 2.75 bits per heavy atom. The number of halogens is 1. The van der Waals surface area contributed by atoms with Crippen LogP contribution in [0.4, 0.5) is 0 Å². The molecule has 0 amide bonds. The Labute approximate surface area is 120 Å². The molecule has 1 aromatic carbocycles. The van der Waals surface area contributed by atoms with Crippen LogP contribution in [0.25, 0.3) is 10.9 Å². The van der Waals surface area contributed by atoms with E-state index in [0.29, 0.717) is 24.2 Å². The number of rotatable bonds is 1. The monoisotopic (exact) mass is 312 g/mol. The summed E-state index contributed by atoms with van der Waals surface area (Å²) in [4.78, 5) is 16.8. The number of hydrogen-bond acceptors (Lipinski definition) is 4. The van der Waals surface area contributed by atoms with Crippen LogP contribution in [0.5, 0.6) is 0 Å². The van der Waals surface area contributed by atoms with Crippen LogP contribution in [-0.2, 0) is 22.0 Å². The van der Waals surface area contributed by atoms with Crippen molar-refractivity contribution >= 4 is 30.6 Å². The maximum atomic E-state index is 12.5. The molecule has 7 heteroatoms. The zero-order valence-electron chi connectivity index (χ0n) is 10.7. The molecule has 5 nitrogen and oxygen atoms in total. The molecule has 0 aliphatic carbocycles. The summed E-state index contributed by atoms with van der Waals surface area (Å²) in [5.41, 5.74) is -0.00489. The van der Waals surface area contributed by atoms with Gasteiger partial charge in [0.25, 0.3) is 14.6 Å². The van der Waals surface area contributed by atoms with Gasteiger partial charge in [0.15, 0.2) is 0 Å². The lowest BCUT2D eigenvalue weighted by Gasteiger charge is -2.11. The molecule has 2 aromatic rings. The molecule has 20 heavy (non-hydrogen) atoms. The molecule has 106 valence electrons. The fourth-order valence-electron chi connectivity index (χ4n) is 2.61. The average molecular weight is 313 g/mol. The van der Waals surface area contributed by atoms with Crippen molar-refractivity contribution < 1.29 is 8.42 Å². The van der Waals surface area contributed by atoms with Gasteiger partial charge in [0.1, 0.15) is 10.7 Å². The number of aryl methyl sites for hydroxylation is 1. The number of hydrogen-bond donors (Lipinski definition) is 0. The quantitative estimate of drug-likeness (QED) is 0.756. The van der Waals surface area contributed by atoms with E-state index in [4.69, 9.17) is 10.7 Å². The van der Waals surface area contributed by atoms with Gasteiger partial charge in [-0.3, -0.25) is 9.36 Å². The highest BCUT2D eigenvalue weighted by molar-refractivity contribution is 8.14. The fraction of sp³-hybridized carbons (Fsp3) is 0.385. The molecule has 0 unspecified atom stereocenters. The van der Waals surface area contributed by atoms with Crippen molar-refractivity contribution in [1.29, 1.82) is 0 Å². The maximum absolute atomic E-state index is 12.5. The first kappa shape index (κ1) is 13.6. The molecule has 0 spiro atoms. The number of para-hydroxylation sites is 1. The normalized spacial score (nSPS) is 15.8. The van der Waals surface area contributed by atoms with Crippen LogP contribution in [0.1, 0.15) is 25.1 Å². The third-order valence-electron chi connectivity index (χ3n) is 3.57. The zero-order chi connectivity index (χ0) is 14.3. The molecule has 2 heterocycles. The van der Waals surface area contributed by atoms with Gasteiger partial charge in [-0.15, -0.1) is 0 Å². The molecule has 0 radical (unpaired) electrons. The summed E-state index contributed by atoms with van der Waals surface area (Å²) in [6.07, 6.45) is 3.61.